The molecule has 0 aliphatic heterocycles. The van der Waals surface area contributed by atoms with Crippen LogP contribution in [0, 0.1) is 5.41 Å². The standard InChI is InChI=1S/C10H18/c1-4-9-7-6-8-10(9,3)5-2/h4H,5-8H2,1-3H3. The second kappa shape index (κ2) is 2.77. The summed E-state index contributed by atoms with van der Waals surface area (Å²) in [6.45, 7) is 6.87. The highest BCUT2D eigenvalue weighted by Crippen LogP contribution is 2.44. The number of rotatable bonds is 1. The van der Waals surface area contributed by atoms with Gasteiger partial charge in [-0.05, 0) is 38.0 Å². The van der Waals surface area contributed by atoms with Gasteiger partial charge in [-0.3, -0.25) is 0 Å². The Morgan fingerprint density at radius 1 is 1.60 bits per heavy atom. The minimum atomic E-state index is 0.564. The van der Waals surface area contributed by atoms with Crippen LogP contribution in [0.5, 0.6) is 0 Å². The topological polar surface area (TPSA) is 0 Å². The van der Waals surface area contributed by atoms with E-state index >= 15 is 0 Å². The summed E-state index contributed by atoms with van der Waals surface area (Å²) in [4.78, 5) is 0. The van der Waals surface area contributed by atoms with Crippen molar-refractivity contribution in [2.45, 2.75) is 46.5 Å². The highest BCUT2D eigenvalue weighted by molar-refractivity contribution is 5.16. The van der Waals surface area contributed by atoms with E-state index in [4.69, 9.17) is 0 Å². The molecule has 1 rings (SSSR count). The van der Waals surface area contributed by atoms with Crippen LogP contribution in [0.15, 0.2) is 11.6 Å². The Morgan fingerprint density at radius 3 is 2.70 bits per heavy atom. The molecule has 1 atom stereocenters. The fourth-order valence-corrected chi connectivity index (χ4v) is 2.03. The molecule has 0 aromatic carbocycles. The molecule has 0 aromatic heterocycles. The molecular formula is C10H18. The van der Waals surface area contributed by atoms with Gasteiger partial charge in [-0.15, -0.1) is 0 Å². The Hall–Kier alpha value is -0.260. The third-order valence-electron chi connectivity index (χ3n) is 3.08. The molecule has 0 saturated heterocycles. The highest BCUT2D eigenvalue weighted by atomic mass is 14.4. The number of hydrogen-bond acceptors (Lipinski definition) is 0. The first-order valence-corrected chi connectivity index (χ1v) is 4.38. The van der Waals surface area contributed by atoms with Crippen molar-refractivity contribution in [1.29, 1.82) is 0 Å². The van der Waals surface area contributed by atoms with Crippen LogP contribution < -0.4 is 0 Å². The van der Waals surface area contributed by atoms with Gasteiger partial charge in [0.25, 0.3) is 0 Å². The third kappa shape index (κ3) is 1.12. The minimum absolute atomic E-state index is 0.564. The van der Waals surface area contributed by atoms with Crippen molar-refractivity contribution in [3.05, 3.63) is 11.6 Å². The Labute approximate surface area is 64.3 Å². The first kappa shape index (κ1) is 7.84. The molecule has 0 N–H and O–H groups in total. The van der Waals surface area contributed by atoms with E-state index in [9.17, 15) is 0 Å². The summed E-state index contributed by atoms with van der Waals surface area (Å²) in [5.41, 5.74) is 2.25. The van der Waals surface area contributed by atoms with E-state index in [1.807, 2.05) is 0 Å². The summed E-state index contributed by atoms with van der Waals surface area (Å²) >= 11 is 0. The zero-order valence-corrected chi connectivity index (χ0v) is 7.41. The summed E-state index contributed by atoms with van der Waals surface area (Å²) in [6.07, 6.45) is 7.79. The van der Waals surface area contributed by atoms with E-state index in [-0.39, 0.29) is 0 Å². The van der Waals surface area contributed by atoms with Crippen LogP contribution in [-0.4, -0.2) is 0 Å². The first-order chi connectivity index (χ1) is 4.73. The average molecular weight is 138 g/mol. The van der Waals surface area contributed by atoms with Gasteiger partial charge < -0.3 is 0 Å². The molecule has 1 aliphatic rings. The van der Waals surface area contributed by atoms with E-state index in [2.05, 4.69) is 26.8 Å². The van der Waals surface area contributed by atoms with Crippen molar-refractivity contribution >= 4 is 0 Å². The number of hydrogen-bond donors (Lipinski definition) is 0. The Morgan fingerprint density at radius 2 is 2.30 bits per heavy atom. The van der Waals surface area contributed by atoms with Crippen LogP contribution >= 0.6 is 0 Å². The van der Waals surface area contributed by atoms with Crippen molar-refractivity contribution < 1.29 is 0 Å². The van der Waals surface area contributed by atoms with Gasteiger partial charge in [0.15, 0.2) is 0 Å². The lowest BCUT2D eigenvalue weighted by Gasteiger charge is -2.23. The summed E-state index contributed by atoms with van der Waals surface area (Å²) in [6, 6.07) is 0. The molecule has 1 saturated carbocycles. The lowest BCUT2D eigenvalue weighted by molar-refractivity contribution is 0.394. The molecule has 0 radical (unpaired) electrons. The van der Waals surface area contributed by atoms with Crippen LogP contribution in [0.1, 0.15) is 46.5 Å². The Balaban J connectivity index is 2.75. The molecular weight excluding hydrogens is 120 g/mol. The molecule has 0 bridgehead atoms. The molecule has 0 heterocycles. The van der Waals surface area contributed by atoms with Crippen LogP contribution in [-0.2, 0) is 0 Å². The molecule has 0 amide bonds. The fraction of sp³-hybridized carbons (Fsp3) is 0.800. The van der Waals surface area contributed by atoms with Crippen molar-refractivity contribution in [3.8, 4) is 0 Å². The predicted molar refractivity (Wildman–Crippen MR) is 46.0 cm³/mol. The van der Waals surface area contributed by atoms with Crippen molar-refractivity contribution in [1.82, 2.24) is 0 Å². The molecule has 0 nitrogen and oxygen atoms in total. The Kier molecular flexibility index (Phi) is 2.18. The van der Waals surface area contributed by atoms with E-state index in [0.717, 1.165) is 0 Å². The maximum atomic E-state index is 2.40. The third-order valence-corrected chi connectivity index (χ3v) is 3.08. The van der Waals surface area contributed by atoms with Gasteiger partial charge in [-0.2, -0.15) is 0 Å². The molecule has 58 valence electrons. The lowest BCUT2D eigenvalue weighted by Crippen LogP contribution is -2.11. The number of allylic oxidation sites excluding steroid dienone is 2. The molecule has 1 unspecified atom stereocenters. The second-order valence-electron chi connectivity index (χ2n) is 3.58. The van der Waals surface area contributed by atoms with Gasteiger partial charge in [0.2, 0.25) is 0 Å². The molecule has 10 heavy (non-hydrogen) atoms. The summed E-state index contributed by atoms with van der Waals surface area (Å²) in [5.74, 6) is 0. The minimum Gasteiger partial charge on any atom is -0.0879 e. The highest BCUT2D eigenvalue weighted by Gasteiger charge is 2.30. The van der Waals surface area contributed by atoms with Crippen LogP contribution in [0.25, 0.3) is 0 Å². The molecule has 0 heteroatoms. The zero-order valence-electron chi connectivity index (χ0n) is 7.41. The lowest BCUT2D eigenvalue weighted by atomic mass is 9.82. The quantitative estimate of drug-likeness (QED) is 0.486. The van der Waals surface area contributed by atoms with Crippen molar-refractivity contribution in [2.75, 3.05) is 0 Å². The Bertz CT molecular complexity index is 144. The van der Waals surface area contributed by atoms with E-state index in [1.54, 1.807) is 5.57 Å². The maximum Gasteiger partial charge on any atom is -0.0119 e. The van der Waals surface area contributed by atoms with Crippen molar-refractivity contribution in [2.24, 2.45) is 5.41 Å². The van der Waals surface area contributed by atoms with Crippen LogP contribution in [0.4, 0.5) is 0 Å². The molecule has 1 fully saturated rings. The van der Waals surface area contributed by atoms with E-state index < -0.39 is 0 Å². The fourth-order valence-electron chi connectivity index (χ4n) is 2.03. The molecule has 0 aromatic rings. The SMILES string of the molecule is CC=C1CCCC1(C)CC. The first-order valence-electron chi connectivity index (χ1n) is 4.38. The average Bonchev–Trinajstić information content (AvgIpc) is 2.32. The largest absolute Gasteiger partial charge is 0.0879 e. The van der Waals surface area contributed by atoms with Gasteiger partial charge in [-0.1, -0.05) is 25.5 Å². The smallest absolute Gasteiger partial charge is 0.0119 e. The summed E-state index contributed by atoms with van der Waals surface area (Å²) in [7, 11) is 0. The predicted octanol–water partition coefficient (Wildman–Crippen LogP) is 3.53. The van der Waals surface area contributed by atoms with E-state index in [1.165, 1.54) is 25.7 Å². The van der Waals surface area contributed by atoms with Gasteiger partial charge in [0.05, 0.1) is 0 Å². The summed E-state index contributed by atoms with van der Waals surface area (Å²) < 4.78 is 0. The van der Waals surface area contributed by atoms with E-state index in [0.29, 0.717) is 5.41 Å². The van der Waals surface area contributed by atoms with Gasteiger partial charge in [0.1, 0.15) is 0 Å². The van der Waals surface area contributed by atoms with Gasteiger partial charge >= 0.3 is 0 Å². The van der Waals surface area contributed by atoms with Crippen LogP contribution in [0.2, 0.25) is 0 Å². The van der Waals surface area contributed by atoms with Crippen molar-refractivity contribution in [3.63, 3.8) is 0 Å². The zero-order chi connectivity index (χ0) is 7.61. The second-order valence-corrected chi connectivity index (χ2v) is 3.58. The summed E-state index contributed by atoms with van der Waals surface area (Å²) in [5, 5.41) is 0. The van der Waals surface area contributed by atoms with Gasteiger partial charge in [-0.25, -0.2) is 0 Å². The van der Waals surface area contributed by atoms with Crippen LogP contribution in [0.3, 0.4) is 0 Å². The molecule has 0 spiro atoms. The normalized spacial score (nSPS) is 37.3. The van der Waals surface area contributed by atoms with Gasteiger partial charge in [0, 0.05) is 0 Å². The maximum absolute atomic E-state index is 2.40. The molecule has 1 aliphatic carbocycles. The monoisotopic (exact) mass is 138 g/mol.